The highest BCUT2D eigenvalue weighted by Crippen LogP contribution is 2.35. The average Bonchev–Trinajstić information content (AvgIpc) is 3.41. The molecule has 1 aliphatic rings. The van der Waals surface area contributed by atoms with Gasteiger partial charge in [-0.05, 0) is 37.8 Å². The summed E-state index contributed by atoms with van der Waals surface area (Å²) in [6.07, 6.45) is 6.39. The van der Waals surface area contributed by atoms with Gasteiger partial charge < -0.3 is 25.8 Å². The lowest BCUT2D eigenvalue weighted by molar-refractivity contribution is 0.301. The summed E-state index contributed by atoms with van der Waals surface area (Å²) < 4.78 is 7.53. The van der Waals surface area contributed by atoms with Gasteiger partial charge in [-0.2, -0.15) is 10.1 Å². The maximum absolute atomic E-state index is 9.54. The third-order valence-electron chi connectivity index (χ3n) is 6.26. The van der Waals surface area contributed by atoms with Crippen molar-refractivity contribution in [3.05, 3.63) is 35.5 Å². The molecule has 9 heteroatoms. The van der Waals surface area contributed by atoms with Crippen LogP contribution in [0, 0.1) is 0 Å². The van der Waals surface area contributed by atoms with Crippen LogP contribution in [0.4, 0.5) is 11.8 Å². The Morgan fingerprint density at radius 1 is 1.27 bits per heavy atom. The molecule has 178 valence electrons. The van der Waals surface area contributed by atoms with Gasteiger partial charge in [-0.25, -0.2) is 4.98 Å². The van der Waals surface area contributed by atoms with E-state index in [2.05, 4.69) is 47.3 Å². The van der Waals surface area contributed by atoms with Gasteiger partial charge in [0.1, 0.15) is 11.3 Å². The fraction of sp³-hybridized carbons (Fsp3) is 0.542. The summed E-state index contributed by atoms with van der Waals surface area (Å²) in [5.74, 6) is 1.71. The van der Waals surface area contributed by atoms with Gasteiger partial charge in [-0.3, -0.25) is 4.68 Å². The molecule has 9 nitrogen and oxygen atoms in total. The minimum atomic E-state index is 0.0351. The van der Waals surface area contributed by atoms with E-state index < -0.39 is 0 Å². The van der Waals surface area contributed by atoms with Gasteiger partial charge >= 0.3 is 0 Å². The lowest BCUT2D eigenvalue weighted by Crippen LogP contribution is -2.29. The molecule has 1 fully saturated rings. The Hall–Kier alpha value is -2.91. The number of aromatic nitrogens is 4. The average molecular weight is 454 g/mol. The Labute approximate surface area is 195 Å². The number of unbranched alkanes of at least 4 members (excludes halogenated alkanes) is 1. The third-order valence-corrected chi connectivity index (χ3v) is 6.26. The van der Waals surface area contributed by atoms with Gasteiger partial charge in [0.25, 0.3) is 0 Å². The summed E-state index contributed by atoms with van der Waals surface area (Å²) in [5, 5.41) is 17.9. The standard InChI is InChI=1S/C24H35N7O2/c1-4-5-10-30(11-12-32)22-21-19(27-23(25)28-22)16-31(29-21)15-18-7-6-17(13-20(18)33-3)14-26-24(2)8-9-24/h6-7,13,16,26,32H,4-5,8-12,14-15H2,1-3H3,(H2,25,27). The molecule has 0 unspecified atom stereocenters. The van der Waals surface area contributed by atoms with Crippen molar-refractivity contribution in [1.82, 2.24) is 25.1 Å². The van der Waals surface area contributed by atoms with Gasteiger partial charge in [-0.1, -0.05) is 25.5 Å². The van der Waals surface area contributed by atoms with Crippen LogP contribution in [-0.4, -0.2) is 57.2 Å². The second-order valence-electron chi connectivity index (χ2n) is 9.09. The van der Waals surface area contributed by atoms with Crippen LogP contribution in [-0.2, 0) is 13.1 Å². The Kier molecular flexibility index (Phi) is 6.99. The predicted octanol–water partition coefficient (Wildman–Crippen LogP) is 2.71. The predicted molar refractivity (Wildman–Crippen MR) is 131 cm³/mol. The molecule has 33 heavy (non-hydrogen) atoms. The van der Waals surface area contributed by atoms with Crippen molar-refractivity contribution < 1.29 is 9.84 Å². The zero-order chi connectivity index (χ0) is 23.4. The van der Waals surface area contributed by atoms with Crippen LogP contribution in [0.2, 0.25) is 0 Å². The molecule has 0 amide bonds. The molecule has 4 rings (SSSR count). The number of ether oxygens (including phenoxy) is 1. The monoisotopic (exact) mass is 453 g/mol. The van der Waals surface area contributed by atoms with E-state index in [0.29, 0.717) is 35.5 Å². The quantitative estimate of drug-likeness (QED) is 0.384. The van der Waals surface area contributed by atoms with E-state index in [1.165, 1.54) is 18.4 Å². The molecule has 0 saturated heterocycles. The molecular weight excluding hydrogens is 418 g/mol. The highest BCUT2D eigenvalue weighted by atomic mass is 16.5. The van der Waals surface area contributed by atoms with Crippen molar-refractivity contribution in [2.75, 3.05) is 37.4 Å². The summed E-state index contributed by atoms with van der Waals surface area (Å²) in [4.78, 5) is 10.9. The number of nitrogens with one attached hydrogen (secondary N) is 1. The second-order valence-corrected chi connectivity index (χ2v) is 9.09. The van der Waals surface area contributed by atoms with Crippen LogP contribution in [0.15, 0.2) is 24.4 Å². The van der Waals surface area contributed by atoms with Crippen molar-refractivity contribution in [2.24, 2.45) is 0 Å². The summed E-state index contributed by atoms with van der Waals surface area (Å²) >= 11 is 0. The first-order valence-corrected chi connectivity index (χ1v) is 11.7. The number of fused-ring (bicyclic) bond motifs is 1. The first-order valence-electron chi connectivity index (χ1n) is 11.7. The largest absolute Gasteiger partial charge is 0.496 e. The maximum Gasteiger partial charge on any atom is 0.222 e. The number of nitrogen functional groups attached to an aromatic ring is 1. The molecular formula is C24H35N7O2. The first-order chi connectivity index (χ1) is 15.9. The van der Waals surface area contributed by atoms with Gasteiger partial charge in [0, 0.05) is 30.7 Å². The zero-order valence-corrected chi connectivity index (χ0v) is 19.8. The number of nitrogens with zero attached hydrogens (tertiary/aromatic N) is 5. The van der Waals surface area contributed by atoms with Crippen molar-refractivity contribution >= 4 is 22.8 Å². The Balaban J connectivity index is 1.58. The molecule has 2 aromatic heterocycles. The number of anilines is 2. The highest BCUT2D eigenvalue weighted by Gasteiger charge is 2.36. The summed E-state index contributed by atoms with van der Waals surface area (Å²) in [5.41, 5.74) is 9.90. The number of aliphatic hydroxyl groups is 1. The Morgan fingerprint density at radius 3 is 2.79 bits per heavy atom. The van der Waals surface area contributed by atoms with Crippen molar-refractivity contribution in [3.63, 3.8) is 0 Å². The molecule has 0 aliphatic heterocycles. The maximum atomic E-state index is 9.54. The van der Waals surface area contributed by atoms with E-state index >= 15 is 0 Å². The highest BCUT2D eigenvalue weighted by molar-refractivity contribution is 5.86. The van der Waals surface area contributed by atoms with Crippen molar-refractivity contribution in [3.8, 4) is 5.75 Å². The third kappa shape index (κ3) is 5.54. The molecule has 1 saturated carbocycles. The number of benzene rings is 1. The number of hydrogen-bond acceptors (Lipinski definition) is 8. The first kappa shape index (κ1) is 23.3. The fourth-order valence-electron chi connectivity index (χ4n) is 3.94. The Morgan fingerprint density at radius 2 is 2.09 bits per heavy atom. The minimum Gasteiger partial charge on any atom is -0.496 e. The van der Waals surface area contributed by atoms with Crippen molar-refractivity contribution in [1.29, 1.82) is 0 Å². The lowest BCUT2D eigenvalue weighted by atomic mass is 10.1. The number of nitrogens with two attached hydrogens (primary N) is 1. The summed E-state index contributed by atoms with van der Waals surface area (Å²) in [6.45, 7) is 7.05. The normalized spacial score (nSPS) is 14.5. The summed E-state index contributed by atoms with van der Waals surface area (Å²) in [6, 6.07) is 6.32. The van der Waals surface area contributed by atoms with Crippen molar-refractivity contribution in [2.45, 2.75) is 58.2 Å². The minimum absolute atomic E-state index is 0.0351. The van der Waals surface area contributed by atoms with Gasteiger partial charge in [0.2, 0.25) is 5.95 Å². The molecule has 0 spiro atoms. The SMILES string of the molecule is CCCCN(CCO)c1nc(N)nc2cn(Cc3ccc(CNC4(C)CC4)cc3OC)nc12. The van der Waals surface area contributed by atoms with E-state index in [1.807, 2.05) is 15.8 Å². The molecule has 3 aromatic rings. The van der Waals surface area contributed by atoms with Gasteiger partial charge in [-0.15, -0.1) is 0 Å². The van der Waals surface area contributed by atoms with Crippen LogP contribution >= 0.6 is 0 Å². The second kappa shape index (κ2) is 9.93. The smallest absolute Gasteiger partial charge is 0.222 e. The van der Waals surface area contributed by atoms with E-state index in [-0.39, 0.29) is 12.6 Å². The fourth-order valence-corrected chi connectivity index (χ4v) is 3.94. The van der Waals surface area contributed by atoms with E-state index in [1.54, 1.807) is 7.11 Å². The van der Waals surface area contributed by atoms with E-state index in [4.69, 9.17) is 15.6 Å². The van der Waals surface area contributed by atoms with E-state index in [9.17, 15) is 5.11 Å². The van der Waals surface area contributed by atoms with Crippen LogP contribution in [0.5, 0.6) is 5.75 Å². The van der Waals surface area contributed by atoms with Gasteiger partial charge in [0.15, 0.2) is 11.3 Å². The molecule has 0 bridgehead atoms. The number of rotatable bonds is 12. The van der Waals surface area contributed by atoms with Crippen LogP contribution in [0.1, 0.15) is 50.7 Å². The molecule has 4 N–H and O–H groups in total. The zero-order valence-electron chi connectivity index (χ0n) is 19.8. The van der Waals surface area contributed by atoms with E-state index in [0.717, 1.165) is 37.2 Å². The number of hydrogen-bond donors (Lipinski definition) is 3. The topological polar surface area (TPSA) is 114 Å². The Bertz CT molecular complexity index is 1090. The molecule has 0 atom stereocenters. The number of methoxy groups -OCH3 is 1. The van der Waals surface area contributed by atoms with Crippen LogP contribution in [0.3, 0.4) is 0 Å². The van der Waals surface area contributed by atoms with Crippen LogP contribution < -0.4 is 20.7 Å². The van der Waals surface area contributed by atoms with Gasteiger partial charge in [0.05, 0.1) is 26.5 Å². The molecule has 1 aromatic carbocycles. The molecule has 0 radical (unpaired) electrons. The summed E-state index contributed by atoms with van der Waals surface area (Å²) in [7, 11) is 1.70. The number of aliphatic hydroxyl groups excluding tert-OH is 1. The van der Waals surface area contributed by atoms with Crippen LogP contribution in [0.25, 0.3) is 11.0 Å². The lowest BCUT2D eigenvalue weighted by Gasteiger charge is -2.22. The molecule has 2 heterocycles. The molecule has 1 aliphatic carbocycles.